The number of hydrogen-bond donors (Lipinski definition) is 1. The molecule has 3 heteroatoms. The number of nitrogens with zero attached hydrogens (tertiary/aromatic N) is 1. The minimum Gasteiger partial charge on any atom is -0.342 e. The highest BCUT2D eigenvalue weighted by molar-refractivity contribution is 5.83. The van der Waals surface area contributed by atoms with Crippen molar-refractivity contribution in [1.29, 1.82) is 0 Å². The van der Waals surface area contributed by atoms with E-state index in [0.29, 0.717) is 5.91 Å². The molecule has 1 unspecified atom stereocenters. The third kappa shape index (κ3) is 3.36. The lowest BCUT2D eigenvalue weighted by molar-refractivity contribution is -0.144. The summed E-state index contributed by atoms with van der Waals surface area (Å²) in [4.78, 5) is 15.2. The molecule has 2 aliphatic rings. The molecule has 0 bridgehead atoms. The maximum Gasteiger partial charge on any atom is 0.228 e. The molecule has 0 aliphatic carbocycles. The van der Waals surface area contributed by atoms with Crippen molar-refractivity contribution < 1.29 is 4.79 Å². The molecule has 2 heterocycles. The second kappa shape index (κ2) is 6.93. The quantitative estimate of drug-likeness (QED) is 0.862. The SMILES string of the molecule is CCC1(C(=O)N2CCCC(C(C)C)CC2)CCNCC1. The summed E-state index contributed by atoms with van der Waals surface area (Å²) in [7, 11) is 0. The van der Waals surface area contributed by atoms with Crippen LogP contribution in [0.15, 0.2) is 0 Å². The summed E-state index contributed by atoms with van der Waals surface area (Å²) in [5.74, 6) is 2.01. The van der Waals surface area contributed by atoms with Crippen LogP contribution in [0.5, 0.6) is 0 Å². The maximum atomic E-state index is 13.0. The van der Waals surface area contributed by atoms with Gasteiger partial charge in [0.15, 0.2) is 0 Å². The minimum atomic E-state index is -0.0666. The van der Waals surface area contributed by atoms with E-state index in [1.807, 2.05) is 0 Å². The zero-order chi connectivity index (χ0) is 14.6. The van der Waals surface area contributed by atoms with Crippen molar-refractivity contribution in [3.8, 4) is 0 Å². The Morgan fingerprint density at radius 3 is 2.55 bits per heavy atom. The van der Waals surface area contributed by atoms with E-state index in [1.165, 1.54) is 19.3 Å². The predicted molar refractivity (Wildman–Crippen MR) is 83.6 cm³/mol. The second-order valence-electron chi connectivity index (χ2n) is 7.11. The van der Waals surface area contributed by atoms with Gasteiger partial charge in [-0.2, -0.15) is 0 Å². The molecule has 0 aromatic rings. The zero-order valence-electron chi connectivity index (χ0n) is 13.6. The molecule has 1 amide bonds. The monoisotopic (exact) mass is 280 g/mol. The fourth-order valence-corrected chi connectivity index (χ4v) is 3.95. The Bertz CT molecular complexity index is 321. The number of likely N-dealkylation sites (tertiary alicyclic amines) is 1. The van der Waals surface area contributed by atoms with Crippen LogP contribution < -0.4 is 5.32 Å². The van der Waals surface area contributed by atoms with Gasteiger partial charge in [-0.25, -0.2) is 0 Å². The van der Waals surface area contributed by atoms with E-state index < -0.39 is 0 Å². The topological polar surface area (TPSA) is 32.3 Å². The molecule has 2 fully saturated rings. The first kappa shape index (κ1) is 15.8. The molecule has 20 heavy (non-hydrogen) atoms. The van der Waals surface area contributed by atoms with Crippen LogP contribution in [0.1, 0.15) is 59.3 Å². The largest absolute Gasteiger partial charge is 0.342 e. The number of piperidine rings is 1. The Balaban J connectivity index is 2.00. The second-order valence-corrected chi connectivity index (χ2v) is 7.11. The van der Waals surface area contributed by atoms with E-state index in [4.69, 9.17) is 0 Å². The Morgan fingerprint density at radius 1 is 1.25 bits per heavy atom. The van der Waals surface area contributed by atoms with Crippen LogP contribution in [-0.4, -0.2) is 37.0 Å². The normalized spacial score (nSPS) is 27.4. The van der Waals surface area contributed by atoms with Gasteiger partial charge in [0.2, 0.25) is 5.91 Å². The summed E-state index contributed by atoms with van der Waals surface area (Å²) in [6, 6.07) is 0. The van der Waals surface area contributed by atoms with E-state index in [9.17, 15) is 4.79 Å². The molecule has 0 aromatic heterocycles. The van der Waals surface area contributed by atoms with Gasteiger partial charge in [-0.05, 0) is 63.5 Å². The van der Waals surface area contributed by atoms with E-state index in [1.54, 1.807) is 0 Å². The number of carbonyl (C=O) groups excluding carboxylic acids is 1. The molecule has 0 radical (unpaired) electrons. The molecule has 116 valence electrons. The summed E-state index contributed by atoms with van der Waals surface area (Å²) in [5.41, 5.74) is -0.0666. The Kier molecular flexibility index (Phi) is 5.48. The number of carbonyl (C=O) groups is 1. The number of rotatable bonds is 3. The van der Waals surface area contributed by atoms with Crippen molar-refractivity contribution in [3.05, 3.63) is 0 Å². The Labute approximate surface area is 124 Å². The first-order chi connectivity index (χ1) is 9.59. The highest BCUT2D eigenvalue weighted by Gasteiger charge is 2.40. The predicted octanol–water partition coefficient (Wildman–Crippen LogP) is 3.05. The molecular weight excluding hydrogens is 248 g/mol. The number of amides is 1. The van der Waals surface area contributed by atoms with Crippen molar-refractivity contribution >= 4 is 5.91 Å². The molecule has 1 N–H and O–H groups in total. The van der Waals surface area contributed by atoms with Crippen LogP contribution in [0.2, 0.25) is 0 Å². The molecule has 1 atom stereocenters. The first-order valence-corrected chi connectivity index (χ1v) is 8.59. The minimum absolute atomic E-state index is 0.0666. The van der Waals surface area contributed by atoms with Crippen molar-refractivity contribution in [2.45, 2.75) is 59.3 Å². The lowest BCUT2D eigenvalue weighted by Gasteiger charge is -2.39. The van der Waals surface area contributed by atoms with Gasteiger partial charge < -0.3 is 10.2 Å². The van der Waals surface area contributed by atoms with E-state index in [0.717, 1.165) is 57.3 Å². The highest BCUT2D eigenvalue weighted by Crippen LogP contribution is 2.36. The zero-order valence-corrected chi connectivity index (χ0v) is 13.6. The van der Waals surface area contributed by atoms with Gasteiger partial charge in [-0.3, -0.25) is 4.79 Å². The fourth-order valence-electron chi connectivity index (χ4n) is 3.95. The van der Waals surface area contributed by atoms with Crippen LogP contribution in [0.4, 0.5) is 0 Å². The van der Waals surface area contributed by atoms with Crippen LogP contribution in [0.25, 0.3) is 0 Å². The third-order valence-corrected chi connectivity index (χ3v) is 5.69. The molecule has 2 rings (SSSR count). The summed E-state index contributed by atoms with van der Waals surface area (Å²) < 4.78 is 0. The van der Waals surface area contributed by atoms with Gasteiger partial charge >= 0.3 is 0 Å². The lowest BCUT2D eigenvalue weighted by atomic mass is 9.75. The van der Waals surface area contributed by atoms with Gasteiger partial charge in [0.25, 0.3) is 0 Å². The lowest BCUT2D eigenvalue weighted by Crippen LogP contribution is -2.49. The van der Waals surface area contributed by atoms with Crippen LogP contribution in [0, 0.1) is 17.3 Å². The molecule has 2 saturated heterocycles. The van der Waals surface area contributed by atoms with E-state index in [-0.39, 0.29) is 5.41 Å². The standard InChI is InChI=1S/C17H32N2O/c1-4-17(8-10-18-11-9-17)16(20)19-12-5-6-15(7-13-19)14(2)3/h14-15,18H,4-13H2,1-3H3. The van der Waals surface area contributed by atoms with Gasteiger partial charge in [-0.1, -0.05) is 20.8 Å². The molecule has 0 spiro atoms. The molecule has 0 saturated carbocycles. The number of nitrogens with one attached hydrogen (secondary N) is 1. The first-order valence-electron chi connectivity index (χ1n) is 8.59. The van der Waals surface area contributed by atoms with Crippen molar-refractivity contribution in [2.75, 3.05) is 26.2 Å². The average Bonchev–Trinajstić information content (AvgIpc) is 2.73. The van der Waals surface area contributed by atoms with Crippen molar-refractivity contribution in [3.63, 3.8) is 0 Å². The number of hydrogen-bond acceptors (Lipinski definition) is 2. The summed E-state index contributed by atoms with van der Waals surface area (Å²) in [6.07, 6.45) is 6.71. The van der Waals surface area contributed by atoms with E-state index in [2.05, 4.69) is 31.0 Å². The average molecular weight is 280 g/mol. The van der Waals surface area contributed by atoms with Crippen molar-refractivity contribution in [2.24, 2.45) is 17.3 Å². The summed E-state index contributed by atoms with van der Waals surface area (Å²) in [5, 5.41) is 3.40. The summed E-state index contributed by atoms with van der Waals surface area (Å²) in [6.45, 7) is 10.8. The van der Waals surface area contributed by atoms with Crippen LogP contribution in [0.3, 0.4) is 0 Å². The molecule has 2 aliphatic heterocycles. The molecular formula is C17H32N2O. The van der Waals surface area contributed by atoms with Crippen molar-refractivity contribution in [1.82, 2.24) is 10.2 Å². The maximum absolute atomic E-state index is 13.0. The molecule has 0 aromatic carbocycles. The fraction of sp³-hybridized carbons (Fsp3) is 0.941. The third-order valence-electron chi connectivity index (χ3n) is 5.69. The smallest absolute Gasteiger partial charge is 0.228 e. The highest BCUT2D eigenvalue weighted by atomic mass is 16.2. The summed E-state index contributed by atoms with van der Waals surface area (Å²) >= 11 is 0. The van der Waals surface area contributed by atoms with Gasteiger partial charge in [0, 0.05) is 13.1 Å². The van der Waals surface area contributed by atoms with Gasteiger partial charge in [0.1, 0.15) is 0 Å². The van der Waals surface area contributed by atoms with Crippen LogP contribution >= 0.6 is 0 Å². The van der Waals surface area contributed by atoms with Crippen LogP contribution in [-0.2, 0) is 4.79 Å². The van der Waals surface area contributed by atoms with Gasteiger partial charge in [0.05, 0.1) is 5.41 Å². The molecule has 3 nitrogen and oxygen atoms in total. The van der Waals surface area contributed by atoms with Gasteiger partial charge in [-0.15, -0.1) is 0 Å². The van der Waals surface area contributed by atoms with E-state index >= 15 is 0 Å². The Morgan fingerprint density at radius 2 is 1.95 bits per heavy atom. The Hall–Kier alpha value is -0.570.